The van der Waals surface area contributed by atoms with Gasteiger partial charge in [-0.1, -0.05) is 0 Å². The minimum atomic E-state index is -0.239. The van der Waals surface area contributed by atoms with Gasteiger partial charge in [-0.15, -0.1) is 0 Å². The Kier molecular flexibility index (Phi) is 5.21. The first-order valence-corrected chi connectivity index (χ1v) is 6.20. The number of hydrogen-bond donors (Lipinski definition) is 1. The fourth-order valence-electron chi connectivity index (χ4n) is 1.64. The van der Waals surface area contributed by atoms with Gasteiger partial charge in [0.05, 0.1) is 25.9 Å². The molecule has 0 spiro atoms. The van der Waals surface area contributed by atoms with Crippen molar-refractivity contribution in [3.05, 3.63) is 0 Å². The van der Waals surface area contributed by atoms with Gasteiger partial charge in [-0.05, 0) is 27.7 Å². The molecule has 17 heavy (non-hydrogen) atoms. The highest BCUT2D eigenvalue weighted by molar-refractivity contribution is 5.67. The summed E-state index contributed by atoms with van der Waals surface area (Å²) in [6.45, 7) is 11.1. The van der Waals surface area contributed by atoms with Crippen molar-refractivity contribution < 1.29 is 14.3 Å². The largest absolute Gasteiger partial charge is 0.450 e. The van der Waals surface area contributed by atoms with Crippen LogP contribution in [0.1, 0.15) is 27.7 Å². The van der Waals surface area contributed by atoms with Crippen molar-refractivity contribution in [3.63, 3.8) is 0 Å². The summed E-state index contributed by atoms with van der Waals surface area (Å²) in [6, 6.07) is 0. The summed E-state index contributed by atoms with van der Waals surface area (Å²) in [4.78, 5) is 13.3. The Balaban J connectivity index is 2.36. The lowest BCUT2D eigenvalue weighted by atomic mass is 10.1. The van der Waals surface area contributed by atoms with Gasteiger partial charge >= 0.3 is 6.09 Å². The predicted octanol–water partition coefficient (Wildman–Crippen LogP) is 1.23. The Hall–Kier alpha value is -0.810. The molecule has 1 saturated heterocycles. The fourth-order valence-corrected chi connectivity index (χ4v) is 1.64. The Morgan fingerprint density at radius 1 is 1.53 bits per heavy atom. The average molecular weight is 244 g/mol. The highest BCUT2D eigenvalue weighted by Gasteiger charge is 2.25. The molecular formula is C12H24N2O3. The number of nitrogens with one attached hydrogen (secondary N) is 1. The number of carbonyl (C=O) groups excluding carboxylic acids is 1. The van der Waals surface area contributed by atoms with Crippen molar-refractivity contribution >= 4 is 6.09 Å². The van der Waals surface area contributed by atoms with Crippen molar-refractivity contribution in [2.75, 3.05) is 32.8 Å². The predicted molar refractivity (Wildman–Crippen MR) is 66.1 cm³/mol. The lowest BCUT2D eigenvalue weighted by Gasteiger charge is -2.34. The Labute approximate surface area is 103 Å². The van der Waals surface area contributed by atoms with Gasteiger partial charge in [0.15, 0.2) is 0 Å². The molecule has 1 fully saturated rings. The first kappa shape index (κ1) is 14.3. The van der Waals surface area contributed by atoms with E-state index in [-0.39, 0.29) is 17.7 Å². The van der Waals surface area contributed by atoms with E-state index in [1.165, 1.54) is 0 Å². The van der Waals surface area contributed by atoms with Crippen LogP contribution in [0.25, 0.3) is 0 Å². The maximum Gasteiger partial charge on any atom is 0.409 e. The maximum atomic E-state index is 11.6. The molecule has 1 atom stereocenters. The molecule has 1 rings (SSSR count). The zero-order valence-corrected chi connectivity index (χ0v) is 11.3. The molecule has 0 saturated carbocycles. The molecule has 0 aromatic heterocycles. The Morgan fingerprint density at radius 2 is 2.24 bits per heavy atom. The number of amides is 1. The van der Waals surface area contributed by atoms with E-state index in [0.717, 1.165) is 6.54 Å². The van der Waals surface area contributed by atoms with Crippen LogP contribution in [0.5, 0.6) is 0 Å². The molecule has 0 radical (unpaired) electrons. The molecular weight excluding hydrogens is 220 g/mol. The second-order valence-corrected chi connectivity index (χ2v) is 5.27. The number of hydrogen-bond acceptors (Lipinski definition) is 4. The normalized spacial score (nSPS) is 21.4. The second kappa shape index (κ2) is 6.21. The molecule has 5 nitrogen and oxygen atoms in total. The minimum Gasteiger partial charge on any atom is -0.450 e. The molecule has 1 aliphatic heterocycles. The first-order chi connectivity index (χ1) is 7.92. The molecule has 100 valence electrons. The van der Waals surface area contributed by atoms with Crippen LogP contribution < -0.4 is 5.32 Å². The smallest absolute Gasteiger partial charge is 0.409 e. The molecule has 1 unspecified atom stereocenters. The molecule has 5 heteroatoms. The van der Waals surface area contributed by atoms with E-state index in [1.807, 2.05) is 6.92 Å². The van der Waals surface area contributed by atoms with Gasteiger partial charge in [-0.2, -0.15) is 0 Å². The molecule has 1 N–H and O–H groups in total. The highest BCUT2D eigenvalue weighted by Crippen LogP contribution is 2.08. The van der Waals surface area contributed by atoms with Crippen molar-refractivity contribution in [2.45, 2.75) is 39.3 Å². The van der Waals surface area contributed by atoms with E-state index in [2.05, 4.69) is 26.1 Å². The van der Waals surface area contributed by atoms with Gasteiger partial charge in [0, 0.05) is 18.6 Å². The van der Waals surface area contributed by atoms with E-state index < -0.39 is 0 Å². The van der Waals surface area contributed by atoms with Crippen molar-refractivity contribution in [1.29, 1.82) is 0 Å². The average Bonchev–Trinajstić information content (AvgIpc) is 2.26. The molecule has 1 aliphatic rings. The van der Waals surface area contributed by atoms with Crippen molar-refractivity contribution in [3.8, 4) is 0 Å². The molecule has 0 aliphatic carbocycles. The van der Waals surface area contributed by atoms with Crippen LogP contribution in [0.15, 0.2) is 0 Å². The number of rotatable bonds is 3. The summed E-state index contributed by atoms with van der Waals surface area (Å²) in [6.07, 6.45) is -0.191. The Bertz CT molecular complexity index is 251. The van der Waals surface area contributed by atoms with Crippen LogP contribution in [0.3, 0.4) is 0 Å². The van der Waals surface area contributed by atoms with Crippen LogP contribution in [0.4, 0.5) is 4.79 Å². The summed E-state index contributed by atoms with van der Waals surface area (Å²) in [5.74, 6) is 0. The highest BCUT2D eigenvalue weighted by atomic mass is 16.6. The lowest BCUT2D eigenvalue weighted by Crippen LogP contribution is -2.51. The maximum absolute atomic E-state index is 11.6. The summed E-state index contributed by atoms with van der Waals surface area (Å²) >= 11 is 0. The third-order valence-corrected chi connectivity index (χ3v) is 2.52. The molecule has 0 aromatic carbocycles. The minimum absolute atomic E-state index is 0.0485. The van der Waals surface area contributed by atoms with Gasteiger partial charge in [-0.25, -0.2) is 4.79 Å². The molecule has 1 heterocycles. The van der Waals surface area contributed by atoms with E-state index in [1.54, 1.807) is 4.90 Å². The number of ether oxygens (including phenoxy) is 2. The molecule has 0 aromatic rings. The second-order valence-electron chi connectivity index (χ2n) is 5.27. The van der Waals surface area contributed by atoms with E-state index in [9.17, 15) is 4.79 Å². The van der Waals surface area contributed by atoms with Gasteiger partial charge < -0.3 is 19.7 Å². The van der Waals surface area contributed by atoms with E-state index in [0.29, 0.717) is 26.3 Å². The lowest BCUT2D eigenvalue weighted by molar-refractivity contribution is -0.0274. The number of carbonyl (C=O) groups is 1. The topological polar surface area (TPSA) is 50.8 Å². The van der Waals surface area contributed by atoms with E-state index >= 15 is 0 Å². The summed E-state index contributed by atoms with van der Waals surface area (Å²) < 4.78 is 10.6. The summed E-state index contributed by atoms with van der Waals surface area (Å²) in [5, 5.41) is 3.38. The zero-order valence-electron chi connectivity index (χ0n) is 11.3. The summed E-state index contributed by atoms with van der Waals surface area (Å²) in [7, 11) is 0. The SMILES string of the molecule is CCOC(=O)N1CCOC(CNC(C)(C)C)C1. The Morgan fingerprint density at radius 3 is 2.82 bits per heavy atom. The standard InChI is InChI=1S/C12H24N2O3/c1-5-16-11(15)14-6-7-17-10(9-14)8-13-12(2,3)4/h10,13H,5-9H2,1-4H3. The number of morpholine rings is 1. The zero-order chi connectivity index (χ0) is 12.9. The van der Waals surface area contributed by atoms with Gasteiger partial charge in [0.1, 0.15) is 0 Å². The third-order valence-electron chi connectivity index (χ3n) is 2.52. The van der Waals surface area contributed by atoms with Crippen molar-refractivity contribution in [1.82, 2.24) is 10.2 Å². The van der Waals surface area contributed by atoms with Crippen LogP contribution >= 0.6 is 0 Å². The van der Waals surface area contributed by atoms with Gasteiger partial charge in [-0.3, -0.25) is 0 Å². The van der Waals surface area contributed by atoms with Crippen LogP contribution in [-0.4, -0.2) is 55.5 Å². The van der Waals surface area contributed by atoms with Crippen LogP contribution in [0.2, 0.25) is 0 Å². The van der Waals surface area contributed by atoms with Gasteiger partial charge in [0.25, 0.3) is 0 Å². The molecule has 1 amide bonds. The molecule has 0 bridgehead atoms. The monoisotopic (exact) mass is 244 g/mol. The fraction of sp³-hybridized carbons (Fsp3) is 0.917. The van der Waals surface area contributed by atoms with Crippen LogP contribution in [-0.2, 0) is 9.47 Å². The third kappa shape index (κ3) is 5.37. The first-order valence-electron chi connectivity index (χ1n) is 6.20. The number of nitrogens with zero attached hydrogens (tertiary/aromatic N) is 1. The summed E-state index contributed by atoms with van der Waals surface area (Å²) in [5.41, 5.74) is 0.0650. The van der Waals surface area contributed by atoms with Crippen LogP contribution in [0, 0.1) is 0 Å². The van der Waals surface area contributed by atoms with Crippen molar-refractivity contribution in [2.24, 2.45) is 0 Å². The van der Waals surface area contributed by atoms with Gasteiger partial charge in [0.2, 0.25) is 0 Å². The quantitative estimate of drug-likeness (QED) is 0.811. The van der Waals surface area contributed by atoms with E-state index in [4.69, 9.17) is 9.47 Å².